The highest BCUT2D eigenvalue weighted by Crippen LogP contribution is 2.37. The lowest BCUT2D eigenvalue weighted by Crippen LogP contribution is -2.33. The molecule has 1 aromatic rings. The molecule has 1 amide bonds. The standard InChI is InChI=1S/C13H18ClNO3S2/c1-9-11(20(14,17)18)7-10(19-9)12(16)15-8-13(2)5-3-4-6-13/h7H,3-6,8H2,1-2H3,(H,15,16). The Balaban J connectivity index is 2.07. The second-order valence-electron chi connectivity index (χ2n) is 5.67. The summed E-state index contributed by atoms with van der Waals surface area (Å²) in [5, 5.41) is 2.91. The second-order valence-corrected chi connectivity index (χ2v) is 9.46. The van der Waals surface area contributed by atoms with Gasteiger partial charge in [-0.3, -0.25) is 4.79 Å². The van der Waals surface area contributed by atoms with Crippen molar-refractivity contribution in [3.05, 3.63) is 15.8 Å². The van der Waals surface area contributed by atoms with Crippen LogP contribution in [0, 0.1) is 12.3 Å². The first-order valence-electron chi connectivity index (χ1n) is 6.55. The molecule has 1 saturated carbocycles. The lowest BCUT2D eigenvalue weighted by atomic mass is 9.89. The second kappa shape index (κ2) is 5.66. The highest BCUT2D eigenvalue weighted by molar-refractivity contribution is 8.13. The molecule has 1 N–H and O–H groups in total. The van der Waals surface area contributed by atoms with E-state index < -0.39 is 9.05 Å². The first kappa shape index (κ1) is 15.8. The molecule has 20 heavy (non-hydrogen) atoms. The zero-order chi connectivity index (χ0) is 15.0. The predicted octanol–water partition coefficient (Wildman–Crippen LogP) is 3.29. The van der Waals surface area contributed by atoms with Crippen molar-refractivity contribution >= 4 is 37.0 Å². The summed E-state index contributed by atoms with van der Waals surface area (Å²) in [4.78, 5) is 13.1. The Bertz CT molecular complexity index is 616. The van der Waals surface area contributed by atoms with Gasteiger partial charge < -0.3 is 5.32 Å². The predicted molar refractivity (Wildman–Crippen MR) is 81.0 cm³/mol. The maximum Gasteiger partial charge on any atom is 0.262 e. The summed E-state index contributed by atoms with van der Waals surface area (Å²) in [5.74, 6) is -0.224. The Morgan fingerprint density at radius 1 is 1.45 bits per heavy atom. The number of rotatable bonds is 4. The van der Waals surface area contributed by atoms with Crippen LogP contribution < -0.4 is 5.32 Å². The first-order chi connectivity index (χ1) is 9.21. The van der Waals surface area contributed by atoms with Crippen molar-refractivity contribution in [2.45, 2.75) is 44.4 Å². The van der Waals surface area contributed by atoms with Gasteiger partial charge in [-0.15, -0.1) is 11.3 Å². The van der Waals surface area contributed by atoms with Crippen LogP contribution in [0.15, 0.2) is 11.0 Å². The van der Waals surface area contributed by atoms with Crippen LogP contribution in [0.2, 0.25) is 0 Å². The van der Waals surface area contributed by atoms with Crippen LogP contribution in [-0.4, -0.2) is 20.9 Å². The van der Waals surface area contributed by atoms with Crippen LogP contribution in [0.5, 0.6) is 0 Å². The molecule has 0 unspecified atom stereocenters. The van der Waals surface area contributed by atoms with E-state index in [9.17, 15) is 13.2 Å². The van der Waals surface area contributed by atoms with Gasteiger partial charge in [0, 0.05) is 22.1 Å². The van der Waals surface area contributed by atoms with E-state index in [2.05, 4.69) is 12.2 Å². The van der Waals surface area contributed by atoms with Crippen molar-refractivity contribution < 1.29 is 13.2 Å². The molecular weight excluding hydrogens is 318 g/mol. The van der Waals surface area contributed by atoms with Crippen molar-refractivity contribution in [1.29, 1.82) is 0 Å². The minimum absolute atomic E-state index is 0.0291. The van der Waals surface area contributed by atoms with E-state index in [1.54, 1.807) is 6.92 Å². The maximum absolute atomic E-state index is 12.1. The van der Waals surface area contributed by atoms with E-state index in [0.29, 0.717) is 16.3 Å². The number of carbonyl (C=O) groups excluding carboxylic acids is 1. The number of hydrogen-bond acceptors (Lipinski definition) is 4. The van der Waals surface area contributed by atoms with Gasteiger partial charge in [0.1, 0.15) is 0 Å². The summed E-state index contributed by atoms with van der Waals surface area (Å²) in [6, 6.07) is 1.36. The molecule has 112 valence electrons. The molecule has 1 aliphatic carbocycles. The summed E-state index contributed by atoms with van der Waals surface area (Å²) in [6.07, 6.45) is 4.66. The highest BCUT2D eigenvalue weighted by atomic mass is 35.7. The molecule has 1 fully saturated rings. The molecule has 1 aliphatic rings. The van der Waals surface area contributed by atoms with E-state index in [0.717, 1.165) is 24.2 Å². The van der Waals surface area contributed by atoms with Crippen LogP contribution >= 0.6 is 22.0 Å². The van der Waals surface area contributed by atoms with Crippen LogP contribution in [0.25, 0.3) is 0 Å². The zero-order valence-corrected chi connectivity index (χ0v) is 13.9. The van der Waals surface area contributed by atoms with Gasteiger partial charge in [-0.05, 0) is 31.2 Å². The van der Waals surface area contributed by atoms with E-state index in [1.807, 2.05) is 0 Å². The highest BCUT2D eigenvalue weighted by Gasteiger charge is 2.29. The lowest BCUT2D eigenvalue weighted by molar-refractivity contribution is 0.0938. The number of aryl methyl sites for hydroxylation is 1. The molecule has 0 bridgehead atoms. The van der Waals surface area contributed by atoms with E-state index in [1.165, 1.54) is 18.9 Å². The molecular formula is C13H18ClNO3S2. The fraction of sp³-hybridized carbons (Fsp3) is 0.615. The molecule has 0 saturated heterocycles. The number of halogens is 1. The third-order valence-electron chi connectivity index (χ3n) is 3.85. The fourth-order valence-electron chi connectivity index (χ4n) is 2.61. The number of thiophene rings is 1. The van der Waals surface area contributed by atoms with Gasteiger partial charge in [-0.1, -0.05) is 19.8 Å². The molecule has 4 nitrogen and oxygen atoms in total. The van der Waals surface area contributed by atoms with Gasteiger partial charge in [0.25, 0.3) is 15.0 Å². The third kappa shape index (κ3) is 3.54. The van der Waals surface area contributed by atoms with Crippen LogP contribution in [0.4, 0.5) is 0 Å². The summed E-state index contributed by atoms with van der Waals surface area (Å²) < 4.78 is 22.7. The van der Waals surface area contributed by atoms with Gasteiger partial charge in [0.15, 0.2) is 0 Å². The Hall–Kier alpha value is -0.590. The zero-order valence-electron chi connectivity index (χ0n) is 11.5. The van der Waals surface area contributed by atoms with Gasteiger partial charge >= 0.3 is 0 Å². The molecule has 0 radical (unpaired) electrons. The average molecular weight is 336 g/mol. The Morgan fingerprint density at radius 3 is 2.55 bits per heavy atom. The quantitative estimate of drug-likeness (QED) is 0.859. The lowest BCUT2D eigenvalue weighted by Gasteiger charge is -2.23. The van der Waals surface area contributed by atoms with Gasteiger partial charge in [0.2, 0.25) is 0 Å². The van der Waals surface area contributed by atoms with Crippen LogP contribution in [0.1, 0.15) is 47.2 Å². The minimum atomic E-state index is -3.79. The van der Waals surface area contributed by atoms with E-state index >= 15 is 0 Å². The molecule has 0 aliphatic heterocycles. The van der Waals surface area contributed by atoms with Crippen molar-refractivity contribution in [2.24, 2.45) is 5.41 Å². The maximum atomic E-state index is 12.1. The summed E-state index contributed by atoms with van der Waals surface area (Å²) in [6.45, 7) is 4.45. The number of nitrogens with one attached hydrogen (secondary N) is 1. The molecule has 1 heterocycles. The number of hydrogen-bond donors (Lipinski definition) is 1. The topological polar surface area (TPSA) is 63.2 Å². The Labute approximate surface area is 127 Å². The smallest absolute Gasteiger partial charge is 0.262 e. The van der Waals surface area contributed by atoms with Crippen LogP contribution in [0.3, 0.4) is 0 Å². The molecule has 0 atom stereocenters. The van der Waals surface area contributed by atoms with Gasteiger partial charge in [-0.25, -0.2) is 8.42 Å². The minimum Gasteiger partial charge on any atom is -0.351 e. The van der Waals surface area contributed by atoms with E-state index in [-0.39, 0.29) is 16.2 Å². The molecule has 1 aromatic heterocycles. The molecule has 2 rings (SSSR count). The summed E-state index contributed by atoms with van der Waals surface area (Å²) in [7, 11) is 1.55. The number of carbonyl (C=O) groups is 1. The summed E-state index contributed by atoms with van der Waals surface area (Å²) >= 11 is 1.16. The Morgan fingerprint density at radius 2 is 2.05 bits per heavy atom. The number of amides is 1. The van der Waals surface area contributed by atoms with Gasteiger partial charge in [-0.2, -0.15) is 0 Å². The normalized spacial score (nSPS) is 18.1. The fourth-order valence-corrected chi connectivity index (χ4v) is 5.19. The van der Waals surface area contributed by atoms with Crippen molar-refractivity contribution in [1.82, 2.24) is 5.32 Å². The Kier molecular flexibility index (Phi) is 4.47. The largest absolute Gasteiger partial charge is 0.351 e. The third-order valence-corrected chi connectivity index (χ3v) is 6.47. The molecule has 7 heteroatoms. The first-order valence-corrected chi connectivity index (χ1v) is 9.67. The summed E-state index contributed by atoms with van der Waals surface area (Å²) in [5.41, 5.74) is 0.170. The van der Waals surface area contributed by atoms with Crippen molar-refractivity contribution in [3.63, 3.8) is 0 Å². The average Bonchev–Trinajstić information content (AvgIpc) is 2.92. The van der Waals surface area contributed by atoms with Crippen molar-refractivity contribution in [3.8, 4) is 0 Å². The SMILES string of the molecule is Cc1sc(C(=O)NCC2(C)CCCC2)cc1S(=O)(=O)Cl. The molecule has 0 aromatic carbocycles. The van der Waals surface area contributed by atoms with E-state index in [4.69, 9.17) is 10.7 Å². The van der Waals surface area contributed by atoms with Gasteiger partial charge in [0.05, 0.1) is 9.77 Å². The van der Waals surface area contributed by atoms with Crippen molar-refractivity contribution in [2.75, 3.05) is 6.54 Å². The van der Waals surface area contributed by atoms with Crippen LogP contribution in [-0.2, 0) is 9.05 Å². The monoisotopic (exact) mass is 335 g/mol. The molecule has 0 spiro atoms.